The molecule has 0 aliphatic heterocycles. The van der Waals surface area contributed by atoms with E-state index >= 15 is 0 Å². The number of imidazole rings is 1. The molecule has 0 radical (unpaired) electrons. The van der Waals surface area contributed by atoms with Crippen LogP contribution in [0, 0.1) is 0 Å². The van der Waals surface area contributed by atoms with Crippen LogP contribution < -0.4 is 10.1 Å². The summed E-state index contributed by atoms with van der Waals surface area (Å²) >= 11 is 3.40. The minimum Gasteiger partial charge on any atom is -0.439 e. The molecule has 0 saturated carbocycles. The molecule has 0 atom stereocenters. The molecular formula is C21H17BrN4O2. The van der Waals surface area contributed by atoms with Crippen molar-refractivity contribution < 1.29 is 9.53 Å². The van der Waals surface area contributed by atoms with E-state index in [1.54, 1.807) is 12.1 Å². The average molecular weight is 437 g/mol. The fourth-order valence-corrected chi connectivity index (χ4v) is 3.22. The lowest BCUT2D eigenvalue weighted by Gasteiger charge is -2.07. The van der Waals surface area contributed by atoms with E-state index in [4.69, 9.17) is 4.74 Å². The zero-order chi connectivity index (χ0) is 19.5. The van der Waals surface area contributed by atoms with Gasteiger partial charge in [-0.05, 0) is 36.4 Å². The number of fused-ring (bicyclic) bond motifs is 1. The van der Waals surface area contributed by atoms with Gasteiger partial charge < -0.3 is 14.6 Å². The molecule has 6 nitrogen and oxygen atoms in total. The molecule has 28 heavy (non-hydrogen) atoms. The Hall–Kier alpha value is -3.19. The molecule has 0 fully saturated rings. The Morgan fingerprint density at radius 1 is 1.14 bits per heavy atom. The zero-order valence-corrected chi connectivity index (χ0v) is 16.7. The number of pyridine rings is 1. The Bertz CT molecular complexity index is 1140. The number of hydrogen-bond acceptors (Lipinski definition) is 4. The van der Waals surface area contributed by atoms with Crippen molar-refractivity contribution >= 4 is 32.9 Å². The third kappa shape index (κ3) is 3.89. The quantitative estimate of drug-likeness (QED) is 0.501. The second kappa shape index (κ2) is 7.82. The number of rotatable bonds is 5. The summed E-state index contributed by atoms with van der Waals surface area (Å²) in [5.41, 5.74) is 2.40. The number of carbonyl (C=O) groups excluding carboxylic acids is 1. The largest absolute Gasteiger partial charge is 0.439 e. The second-order valence-corrected chi connectivity index (χ2v) is 7.12. The predicted molar refractivity (Wildman–Crippen MR) is 110 cm³/mol. The van der Waals surface area contributed by atoms with Gasteiger partial charge >= 0.3 is 0 Å². The number of amides is 1. The lowest BCUT2D eigenvalue weighted by Crippen LogP contribution is -2.24. The third-order valence-electron chi connectivity index (χ3n) is 4.30. The number of hydrogen-bond donors (Lipinski definition) is 1. The van der Waals surface area contributed by atoms with Gasteiger partial charge in [0.1, 0.15) is 11.6 Å². The van der Waals surface area contributed by atoms with E-state index in [2.05, 4.69) is 31.2 Å². The maximum atomic E-state index is 12.4. The van der Waals surface area contributed by atoms with Gasteiger partial charge in [0.15, 0.2) is 0 Å². The molecule has 0 aliphatic carbocycles. The van der Waals surface area contributed by atoms with Gasteiger partial charge in [-0.3, -0.25) is 4.79 Å². The van der Waals surface area contributed by atoms with E-state index in [-0.39, 0.29) is 5.91 Å². The topological polar surface area (TPSA) is 69.0 Å². The highest BCUT2D eigenvalue weighted by Gasteiger charge is 2.11. The number of nitrogens with one attached hydrogen (secondary N) is 1. The van der Waals surface area contributed by atoms with Crippen molar-refractivity contribution in [2.24, 2.45) is 7.05 Å². The van der Waals surface area contributed by atoms with Crippen LogP contribution in [0.4, 0.5) is 0 Å². The molecule has 2 heterocycles. The minimum atomic E-state index is -0.214. The van der Waals surface area contributed by atoms with E-state index < -0.39 is 0 Å². The summed E-state index contributed by atoms with van der Waals surface area (Å²) in [6.45, 7) is 0.334. The Morgan fingerprint density at radius 2 is 2.00 bits per heavy atom. The normalized spacial score (nSPS) is 10.8. The molecular weight excluding hydrogens is 420 g/mol. The first-order chi connectivity index (χ1) is 13.6. The summed E-state index contributed by atoms with van der Waals surface area (Å²) in [5.74, 6) is 1.66. The standard InChI is InChI=1S/C21H17BrN4O2/c1-26-18-8-3-2-7-17(18)25-19(26)13-24-21(27)14-9-10-20(23-12-14)28-16-6-4-5-15(22)11-16/h2-12H,13H2,1H3,(H,24,27). The lowest BCUT2D eigenvalue weighted by molar-refractivity contribution is 0.0949. The molecule has 1 N–H and O–H groups in total. The number of para-hydroxylation sites is 2. The van der Waals surface area contributed by atoms with Crippen LogP contribution in [0.3, 0.4) is 0 Å². The molecule has 0 unspecified atom stereocenters. The Kier molecular flexibility index (Phi) is 5.08. The monoisotopic (exact) mass is 436 g/mol. The van der Waals surface area contributed by atoms with Crippen LogP contribution in [-0.4, -0.2) is 20.4 Å². The van der Waals surface area contributed by atoms with Crippen molar-refractivity contribution in [1.29, 1.82) is 0 Å². The van der Waals surface area contributed by atoms with Gasteiger partial charge in [-0.1, -0.05) is 34.1 Å². The predicted octanol–water partition coefficient (Wildman–Crippen LogP) is 4.45. The summed E-state index contributed by atoms with van der Waals surface area (Å²) in [6, 6.07) is 18.7. The van der Waals surface area contributed by atoms with E-state index in [0.29, 0.717) is 23.7 Å². The molecule has 140 valence electrons. The Balaban J connectivity index is 1.41. The number of ether oxygens (including phenoxy) is 1. The third-order valence-corrected chi connectivity index (χ3v) is 4.80. The minimum absolute atomic E-state index is 0.214. The fourth-order valence-electron chi connectivity index (χ4n) is 2.84. The maximum absolute atomic E-state index is 12.4. The van der Waals surface area contributed by atoms with Crippen LogP contribution in [-0.2, 0) is 13.6 Å². The smallest absolute Gasteiger partial charge is 0.253 e. The molecule has 2 aromatic heterocycles. The van der Waals surface area contributed by atoms with Gasteiger partial charge in [-0.2, -0.15) is 0 Å². The summed E-state index contributed by atoms with van der Waals surface area (Å²) in [4.78, 5) is 21.2. The number of aromatic nitrogens is 3. The van der Waals surface area contributed by atoms with Crippen LogP contribution in [0.15, 0.2) is 71.3 Å². The van der Waals surface area contributed by atoms with Crippen LogP contribution in [0.5, 0.6) is 11.6 Å². The lowest BCUT2D eigenvalue weighted by atomic mass is 10.2. The Labute approximate surface area is 170 Å². The SMILES string of the molecule is Cn1c(CNC(=O)c2ccc(Oc3cccc(Br)c3)nc2)nc2ccccc21. The molecule has 4 rings (SSSR count). The van der Waals surface area contributed by atoms with Crippen molar-refractivity contribution in [2.75, 3.05) is 0 Å². The molecule has 0 spiro atoms. The first kappa shape index (κ1) is 18.2. The first-order valence-electron chi connectivity index (χ1n) is 8.68. The Morgan fingerprint density at radius 3 is 2.75 bits per heavy atom. The molecule has 4 aromatic rings. The van der Waals surface area contributed by atoms with Gasteiger partial charge in [0, 0.05) is 23.8 Å². The molecule has 0 aliphatic rings. The molecule has 7 heteroatoms. The summed E-state index contributed by atoms with van der Waals surface area (Å²) < 4.78 is 8.58. The van der Waals surface area contributed by atoms with E-state index in [0.717, 1.165) is 21.3 Å². The first-order valence-corrected chi connectivity index (χ1v) is 9.47. The van der Waals surface area contributed by atoms with Crippen LogP contribution in [0.2, 0.25) is 0 Å². The summed E-state index contributed by atoms with van der Waals surface area (Å²) in [6.07, 6.45) is 1.50. The second-order valence-electron chi connectivity index (χ2n) is 6.20. The molecule has 2 aromatic carbocycles. The maximum Gasteiger partial charge on any atom is 0.253 e. The molecule has 1 amide bonds. The van der Waals surface area contributed by atoms with E-state index in [1.807, 2.05) is 60.1 Å². The van der Waals surface area contributed by atoms with Crippen LogP contribution >= 0.6 is 15.9 Å². The summed E-state index contributed by atoms with van der Waals surface area (Å²) in [7, 11) is 1.94. The van der Waals surface area contributed by atoms with Crippen molar-refractivity contribution in [3.8, 4) is 11.6 Å². The van der Waals surface area contributed by atoms with Gasteiger partial charge in [-0.25, -0.2) is 9.97 Å². The van der Waals surface area contributed by atoms with Crippen LogP contribution in [0.25, 0.3) is 11.0 Å². The van der Waals surface area contributed by atoms with Gasteiger partial charge in [0.25, 0.3) is 5.91 Å². The highest BCUT2D eigenvalue weighted by molar-refractivity contribution is 9.10. The highest BCUT2D eigenvalue weighted by Crippen LogP contribution is 2.23. The average Bonchev–Trinajstić information content (AvgIpc) is 3.03. The van der Waals surface area contributed by atoms with Crippen molar-refractivity contribution in [3.63, 3.8) is 0 Å². The molecule has 0 bridgehead atoms. The van der Waals surface area contributed by atoms with E-state index in [9.17, 15) is 4.79 Å². The number of halogens is 1. The zero-order valence-electron chi connectivity index (χ0n) is 15.1. The van der Waals surface area contributed by atoms with Crippen molar-refractivity contribution in [3.05, 3.63) is 82.7 Å². The number of carbonyl (C=O) groups is 1. The van der Waals surface area contributed by atoms with Gasteiger partial charge in [0.05, 0.1) is 23.1 Å². The summed E-state index contributed by atoms with van der Waals surface area (Å²) in [5, 5.41) is 2.88. The number of benzene rings is 2. The van der Waals surface area contributed by atoms with Crippen molar-refractivity contribution in [2.45, 2.75) is 6.54 Å². The van der Waals surface area contributed by atoms with Crippen molar-refractivity contribution in [1.82, 2.24) is 19.9 Å². The molecule has 0 saturated heterocycles. The van der Waals surface area contributed by atoms with Gasteiger partial charge in [0.2, 0.25) is 5.88 Å². The fraction of sp³-hybridized carbons (Fsp3) is 0.0952. The van der Waals surface area contributed by atoms with Gasteiger partial charge in [-0.15, -0.1) is 0 Å². The van der Waals surface area contributed by atoms with E-state index in [1.165, 1.54) is 6.20 Å². The van der Waals surface area contributed by atoms with Crippen LogP contribution in [0.1, 0.15) is 16.2 Å². The number of aryl methyl sites for hydroxylation is 1. The highest BCUT2D eigenvalue weighted by atomic mass is 79.9. The number of nitrogens with zero attached hydrogens (tertiary/aromatic N) is 3.